The average Bonchev–Trinajstić information content (AvgIpc) is 3.41. The van der Waals surface area contributed by atoms with Crippen molar-refractivity contribution in [2.75, 3.05) is 31.7 Å². The highest BCUT2D eigenvalue weighted by Gasteiger charge is 2.24. The van der Waals surface area contributed by atoms with Crippen molar-refractivity contribution in [3.05, 3.63) is 46.3 Å². The molecule has 0 aliphatic heterocycles. The third kappa shape index (κ3) is 13.6. The van der Waals surface area contributed by atoms with Crippen LogP contribution in [-0.4, -0.2) is 97.6 Å². The second-order valence-corrected chi connectivity index (χ2v) is 9.17. The summed E-state index contributed by atoms with van der Waals surface area (Å²) in [5.41, 5.74) is 0.985. The Labute approximate surface area is 245 Å². The second-order valence-electron chi connectivity index (χ2n) is 9.17. The second kappa shape index (κ2) is 18.6. The number of hydrogen-bond acceptors (Lipinski definition) is 11. The number of ether oxygens (including phenoxy) is 2. The van der Waals surface area contributed by atoms with Crippen LogP contribution in [0.5, 0.6) is 0 Å². The van der Waals surface area contributed by atoms with E-state index in [4.69, 9.17) is 19.7 Å². The highest BCUT2D eigenvalue weighted by molar-refractivity contribution is 5.86. The first-order chi connectivity index (χ1) is 20.6. The number of urea groups is 1. The Balaban J connectivity index is 1.60. The zero-order chi connectivity index (χ0) is 31.6. The molecule has 2 atom stereocenters. The number of benzene rings is 1. The number of anilines is 1. The maximum atomic E-state index is 12.1. The molecule has 0 fully saturated rings. The number of nitrogens with zero attached hydrogens (tertiary/aromatic N) is 4. The summed E-state index contributed by atoms with van der Waals surface area (Å²) in [6, 6.07) is 2.56. The smallest absolute Gasteiger partial charge is 0.326 e. The highest BCUT2D eigenvalue weighted by atomic mass is 16.6. The number of aromatic nitrogens is 3. The Morgan fingerprint density at radius 2 is 1.63 bits per heavy atom. The molecular weight excluding hydrogens is 574 g/mol. The van der Waals surface area contributed by atoms with Crippen LogP contribution in [0.3, 0.4) is 0 Å². The zero-order valence-corrected chi connectivity index (χ0v) is 23.2. The molecule has 2 amide bonds. The summed E-state index contributed by atoms with van der Waals surface area (Å²) in [5, 5.41) is 53.4. The molecule has 1 heterocycles. The summed E-state index contributed by atoms with van der Waals surface area (Å²) in [4.78, 5) is 56.0. The van der Waals surface area contributed by atoms with E-state index in [0.29, 0.717) is 57.1 Å². The number of aliphatic carboxylic acids is 3. The van der Waals surface area contributed by atoms with Crippen LogP contribution in [-0.2, 0) is 37.0 Å². The maximum Gasteiger partial charge on any atom is 0.326 e. The fourth-order valence-corrected chi connectivity index (χ4v) is 3.71. The standard InChI is InChI=1S/C25H35N7O11/c33-22(34)9-8-20(24(37)38)28-25(39)27-19(23(35)36)6-3-4-11-31-15-17(29-30-31)16-43-14-13-42-12-10-26-18-5-1-2-7-21(18)32(40)41/h1-2,5,7,15,19-20,26H,3-4,6,8-14,16H2,(H,33,34)(H,35,36)(H,37,38)(H2,27,28,39)/t19-,20?/m0/s1. The van der Waals surface area contributed by atoms with Crippen LogP contribution in [0.4, 0.5) is 16.2 Å². The number of nitro groups is 1. The maximum absolute atomic E-state index is 12.1. The topological polar surface area (TPSA) is 257 Å². The van der Waals surface area contributed by atoms with Gasteiger partial charge >= 0.3 is 23.9 Å². The normalized spacial score (nSPS) is 12.2. The van der Waals surface area contributed by atoms with Gasteiger partial charge in [0.1, 0.15) is 23.5 Å². The largest absolute Gasteiger partial charge is 0.481 e. The van der Waals surface area contributed by atoms with E-state index in [1.54, 1.807) is 29.1 Å². The molecule has 18 nitrogen and oxygen atoms in total. The minimum atomic E-state index is -1.47. The van der Waals surface area contributed by atoms with Crippen molar-refractivity contribution < 1.29 is 48.9 Å². The van der Waals surface area contributed by atoms with Crippen LogP contribution in [0.2, 0.25) is 0 Å². The first kappa shape index (κ1) is 34.4. The lowest BCUT2D eigenvalue weighted by molar-refractivity contribution is -0.384. The predicted octanol–water partition coefficient (Wildman–Crippen LogP) is 1.07. The fourth-order valence-electron chi connectivity index (χ4n) is 3.71. The highest BCUT2D eigenvalue weighted by Crippen LogP contribution is 2.22. The molecule has 1 aromatic heterocycles. The van der Waals surface area contributed by atoms with Crippen molar-refractivity contribution in [1.82, 2.24) is 25.6 Å². The third-order valence-electron chi connectivity index (χ3n) is 5.85. The quantitative estimate of drug-likeness (QED) is 0.0620. The van der Waals surface area contributed by atoms with E-state index in [2.05, 4.69) is 26.3 Å². The summed E-state index contributed by atoms with van der Waals surface area (Å²) < 4.78 is 12.5. The molecule has 2 rings (SSSR count). The Hall–Kier alpha value is -4.84. The van der Waals surface area contributed by atoms with Crippen molar-refractivity contribution in [1.29, 1.82) is 0 Å². The SMILES string of the molecule is O=C(O)CCC(NC(=O)N[C@@H](CCCCn1cc(COCCOCCNc2ccccc2[N+](=O)[O-])nn1)C(=O)O)C(=O)O. The number of hydrogen-bond donors (Lipinski definition) is 6. The molecule has 1 unspecified atom stereocenters. The number of rotatable bonds is 22. The van der Waals surface area contributed by atoms with Crippen molar-refractivity contribution in [2.24, 2.45) is 0 Å². The van der Waals surface area contributed by atoms with Crippen LogP contribution in [0, 0.1) is 10.1 Å². The van der Waals surface area contributed by atoms with Crippen molar-refractivity contribution in [3.63, 3.8) is 0 Å². The van der Waals surface area contributed by atoms with Gasteiger partial charge < -0.3 is 40.7 Å². The molecular formula is C25H35N7O11. The summed E-state index contributed by atoms with van der Waals surface area (Å²) in [5.74, 6) is -3.96. The summed E-state index contributed by atoms with van der Waals surface area (Å²) in [6.07, 6.45) is 1.83. The Morgan fingerprint density at radius 1 is 0.953 bits per heavy atom. The monoisotopic (exact) mass is 609 g/mol. The van der Waals surface area contributed by atoms with Gasteiger partial charge in [-0.2, -0.15) is 0 Å². The lowest BCUT2D eigenvalue weighted by atomic mass is 10.1. The minimum Gasteiger partial charge on any atom is -0.481 e. The third-order valence-corrected chi connectivity index (χ3v) is 5.85. The van der Waals surface area contributed by atoms with Crippen LogP contribution >= 0.6 is 0 Å². The zero-order valence-electron chi connectivity index (χ0n) is 23.2. The van der Waals surface area contributed by atoms with Crippen LogP contribution in [0.1, 0.15) is 37.8 Å². The van der Waals surface area contributed by atoms with Gasteiger partial charge in [-0.1, -0.05) is 17.3 Å². The molecule has 0 radical (unpaired) electrons. The van der Waals surface area contributed by atoms with Gasteiger partial charge in [0.15, 0.2) is 0 Å². The van der Waals surface area contributed by atoms with E-state index in [9.17, 15) is 34.4 Å². The molecule has 0 aliphatic rings. The number of carbonyl (C=O) groups is 4. The number of amides is 2. The van der Waals surface area contributed by atoms with E-state index in [1.807, 2.05) is 0 Å². The average molecular weight is 610 g/mol. The fraction of sp³-hybridized carbons (Fsp3) is 0.520. The molecule has 0 saturated carbocycles. The predicted molar refractivity (Wildman–Crippen MR) is 147 cm³/mol. The van der Waals surface area contributed by atoms with Gasteiger partial charge in [0.05, 0.1) is 37.5 Å². The lowest BCUT2D eigenvalue weighted by Gasteiger charge is -2.18. The number of nitrogens with one attached hydrogen (secondary N) is 3. The Bertz CT molecular complexity index is 1220. The molecule has 43 heavy (non-hydrogen) atoms. The summed E-state index contributed by atoms with van der Waals surface area (Å²) in [7, 11) is 0. The number of para-hydroxylation sites is 2. The van der Waals surface area contributed by atoms with Crippen LogP contribution in [0.15, 0.2) is 30.5 Å². The van der Waals surface area contributed by atoms with Gasteiger partial charge in [-0.3, -0.25) is 19.6 Å². The molecule has 236 valence electrons. The van der Waals surface area contributed by atoms with Crippen molar-refractivity contribution >= 4 is 35.3 Å². The first-order valence-corrected chi connectivity index (χ1v) is 13.3. The molecule has 18 heteroatoms. The Morgan fingerprint density at radius 3 is 2.30 bits per heavy atom. The Kier molecular flexibility index (Phi) is 14.8. The number of carboxylic acid groups (broad SMARTS) is 3. The van der Waals surface area contributed by atoms with E-state index >= 15 is 0 Å². The lowest BCUT2D eigenvalue weighted by Crippen LogP contribution is -2.51. The van der Waals surface area contributed by atoms with E-state index < -0.39 is 47.4 Å². The first-order valence-electron chi connectivity index (χ1n) is 13.3. The number of unbranched alkanes of at least 4 members (excludes halogenated alkanes) is 1. The van der Waals surface area contributed by atoms with E-state index in [0.717, 1.165) is 0 Å². The number of carboxylic acids is 3. The van der Waals surface area contributed by atoms with Gasteiger partial charge in [0.2, 0.25) is 0 Å². The van der Waals surface area contributed by atoms with Gasteiger partial charge in [0, 0.05) is 25.6 Å². The number of aryl methyl sites for hydroxylation is 1. The van der Waals surface area contributed by atoms with Gasteiger partial charge in [-0.05, 0) is 31.7 Å². The molecule has 0 bridgehead atoms. The minimum absolute atomic E-state index is 0.00933. The molecule has 2 aromatic rings. The number of carbonyl (C=O) groups excluding carboxylic acids is 1. The molecule has 1 aromatic carbocycles. The van der Waals surface area contributed by atoms with Gasteiger partial charge in [-0.25, -0.2) is 14.4 Å². The van der Waals surface area contributed by atoms with E-state index in [1.165, 1.54) is 6.07 Å². The van der Waals surface area contributed by atoms with E-state index in [-0.39, 0.29) is 25.1 Å². The number of nitro benzene ring substituents is 1. The summed E-state index contributed by atoms with van der Waals surface area (Å²) >= 11 is 0. The summed E-state index contributed by atoms with van der Waals surface area (Å²) in [6.45, 7) is 1.93. The molecule has 0 saturated heterocycles. The molecule has 0 spiro atoms. The van der Waals surface area contributed by atoms with Gasteiger partial charge in [0.25, 0.3) is 5.69 Å². The molecule has 6 N–H and O–H groups in total. The van der Waals surface area contributed by atoms with Gasteiger partial charge in [-0.15, -0.1) is 5.10 Å². The van der Waals surface area contributed by atoms with Crippen molar-refractivity contribution in [2.45, 2.75) is 57.3 Å². The molecule has 0 aliphatic carbocycles. The van der Waals surface area contributed by atoms with Crippen LogP contribution < -0.4 is 16.0 Å². The van der Waals surface area contributed by atoms with Crippen molar-refractivity contribution in [3.8, 4) is 0 Å². The van der Waals surface area contributed by atoms with Crippen LogP contribution in [0.25, 0.3) is 0 Å².